The molecule has 0 spiro atoms. The monoisotopic (exact) mass is 213 g/mol. The van der Waals surface area contributed by atoms with E-state index in [2.05, 4.69) is 15.1 Å². The molecule has 2 aromatic heterocycles. The van der Waals surface area contributed by atoms with Gasteiger partial charge in [-0.2, -0.15) is 18.5 Å². The van der Waals surface area contributed by atoms with Crippen molar-refractivity contribution in [2.45, 2.75) is 5.16 Å². The first-order valence-corrected chi connectivity index (χ1v) is 4.83. The number of nitroso groups, excluding NO2 is 1. The Morgan fingerprint density at radius 3 is 2.93 bits per heavy atom. The molecule has 0 bridgehead atoms. The molecule has 8 nitrogen and oxygen atoms in total. The first kappa shape index (κ1) is 8.69. The molecule has 9 heteroatoms. The van der Waals surface area contributed by atoms with E-state index < -0.39 is 15.2 Å². The molecule has 0 saturated heterocycles. The van der Waals surface area contributed by atoms with Crippen molar-refractivity contribution in [1.82, 2.24) is 19.6 Å². The third kappa shape index (κ3) is 1.23. The van der Waals surface area contributed by atoms with Gasteiger partial charge in [0.2, 0.25) is 0 Å². The molecule has 0 aliphatic carbocycles. The lowest BCUT2D eigenvalue weighted by molar-refractivity contribution is 0.587. The number of rotatable bonds is 2. The molecule has 0 unspecified atom stereocenters. The van der Waals surface area contributed by atoms with Crippen molar-refractivity contribution in [1.29, 1.82) is 0 Å². The van der Waals surface area contributed by atoms with E-state index >= 15 is 0 Å². The third-order valence-electron chi connectivity index (χ3n) is 1.47. The van der Waals surface area contributed by atoms with Crippen molar-refractivity contribution >= 4 is 15.7 Å². The largest absolute Gasteiger partial charge is 0.352 e. The standard InChI is InChI=1S/C5H3N5O3S/c11-9-14(12,13)5-6-3-10-4(8-5)1-2-7-10/h1-3H. The van der Waals surface area contributed by atoms with Gasteiger partial charge >= 0.3 is 10.0 Å². The summed E-state index contributed by atoms with van der Waals surface area (Å²) in [6, 6.07) is 1.48. The van der Waals surface area contributed by atoms with Crippen LogP contribution in [0.1, 0.15) is 0 Å². The smallest absolute Gasteiger partial charge is 0.205 e. The van der Waals surface area contributed by atoms with E-state index in [4.69, 9.17) is 0 Å². The van der Waals surface area contributed by atoms with Crippen LogP contribution in [0.2, 0.25) is 0 Å². The van der Waals surface area contributed by atoms with Gasteiger partial charge in [-0.1, -0.05) is 0 Å². The highest BCUT2D eigenvalue weighted by molar-refractivity contribution is 7.89. The Morgan fingerprint density at radius 1 is 1.43 bits per heavy atom. The van der Waals surface area contributed by atoms with E-state index in [1.54, 1.807) is 0 Å². The minimum Gasteiger partial charge on any atom is -0.205 e. The van der Waals surface area contributed by atoms with Gasteiger partial charge in [-0.25, -0.2) is 9.50 Å². The van der Waals surface area contributed by atoms with Gasteiger partial charge in [0, 0.05) is 6.07 Å². The molecule has 0 N–H and O–H groups in total. The lowest BCUT2D eigenvalue weighted by Crippen LogP contribution is -2.04. The second kappa shape index (κ2) is 2.80. The maximum absolute atomic E-state index is 10.9. The van der Waals surface area contributed by atoms with E-state index in [1.807, 2.05) is 4.58 Å². The quantitative estimate of drug-likeness (QED) is 0.627. The predicted molar refractivity (Wildman–Crippen MR) is 43.8 cm³/mol. The Bertz CT molecular complexity index is 588. The van der Waals surface area contributed by atoms with Crippen LogP contribution >= 0.6 is 0 Å². The van der Waals surface area contributed by atoms with Gasteiger partial charge in [-0.05, 0) is 0 Å². The molecule has 0 atom stereocenters. The molecule has 0 aliphatic heterocycles. The van der Waals surface area contributed by atoms with Gasteiger partial charge in [0.15, 0.2) is 5.65 Å². The molecule has 72 valence electrons. The first-order chi connectivity index (χ1) is 6.63. The maximum atomic E-state index is 10.9. The van der Waals surface area contributed by atoms with Gasteiger partial charge in [-0.3, -0.25) is 0 Å². The zero-order chi connectivity index (χ0) is 10.2. The summed E-state index contributed by atoms with van der Waals surface area (Å²) in [6.45, 7) is 0. The van der Waals surface area contributed by atoms with E-state index in [0.29, 0.717) is 0 Å². The van der Waals surface area contributed by atoms with Crippen LogP contribution in [-0.4, -0.2) is 28.0 Å². The molecule has 2 aromatic rings. The molecular formula is C5H3N5O3S. The molecule has 0 fully saturated rings. The molecule has 2 heterocycles. The number of hydrogen-bond acceptors (Lipinski definition) is 6. The summed E-state index contributed by atoms with van der Waals surface area (Å²) in [5, 5.41) is 3.13. The van der Waals surface area contributed by atoms with Crippen LogP contribution in [0.15, 0.2) is 28.3 Å². The van der Waals surface area contributed by atoms with Gasteiger partial charge in [0.25, 0.3) is 5.16 Å². The summed E-state index contributed by atoms with van der Waals surface area (Å²) in [4.78, 5) is 17.0. The van der Waals surface area contributed by atoms with Crippen molar-refractivity contribution < 1.29 is 8.42 Å². The highest BCUT2D eigenvalue weighted by atomic mass is 32.2. The van der Waals surface area contributed by atoms with Crippen LogP contribution in [0.4, 0.5) is 0 Å². The van der Waals surface area contributed by atoms with E-state index in [-0.39, 0.29) is 5.65 Å². The van der Waals surface area contributed by atoms with E-state index in [1.165, 1.54) is 16.8 Å². The van der Waals surface area contributed by atoms with Gasteiger partial charge < -0.3 is 0 Å². The fourth-order valence-electron chi connectivity index (χ4n) is 0.873. The predicted octanol–water partition coefficient (Wildman–Crippen LogP) is -0.421. The summed E-state index contributed by atoms with van der Waals surface area (Å²) in [5.41, 5.74) is 0.280. The van der Waals surface area contributed by atoms with Gasteiger partial charge in [0.05, 0.1) is 10.8 Å². The Labute approximate surface area is 77.6 Å². The fourth-order valence-corrected chi connectivity index (χ4v) is 1.33. The number of aromatic nitrogens is 4. The molecule has 0 aromatic carbocycles. The first-order valence-electron chi connectivity index (χ1n) is 3.39. The number of nitrogens with zero attached hydrogens (tertiary/aromatic N) is 5. The minimum atomic E-state index is -4.26. The summed E-state index contributed by atoms with van der Waals surface area (Å²) in [5.74, 6) is 0. The SMILES string of the molecule is O=NS(=O)(=O)c1ncn2nccc2n1. The zero-order valence-electron chi connectivity index (χ0n) is 6.60. The average molecular weight is 213 g/mol. The Hall–Kier alpha value is -1.90. The van der Waals surface area contributed by atoms with Gasteiger partial charge in [-0.15, -0.1) is 4.91 Å². The van der Waals surface area contributed by atoms with Crippen LogP contribution in [0.25, 0.3) is 5.65 Å². The lowest BCUT2D eigenvalue weighted by atomic mass is 10.7. The summed E-state index contributed by atoms with van der Waals surface area (Å²) >= 11 is 0. The highest BCUT2D eigenvalue weighted by Crippen LogP contribution is 2.06. The minimum absolute atomic E-state index is 0.280. The van der Waals surface area contributed by atoms with Crippen molar-refractivity contribution in [2.24, 2.45) is 4.58 Å². The second-order valence-corrected chi connectivity index (χ2v) is 3.79. The highest BCUT2D eigenvalue weighted by Gasteiger charge is 2.18. The molecule has 0 saturated carbocycles. The fraction of sp³-hybridized carbons (Fsp3) is 0. The van der Waals surface area contributed by atoms with Gasteiger partial charge in [0.1, 0.15) is 6.33 Å². The summed E-state index contributed by atoms with van der Waals surface area (Å²) < 4.78 is 25.1. The van der Waals surface area contributed by atoms with Crippen LogP contribution in [0.3, 0.4) is 0 Å². The van der Waals surface area contributed by atoms with Crippen LogP contribution in [0.5, 0.6) is 0 Å². The summed E-state index contributed by atoms with van der Waals surface area (Å²) in [7, 11) is -4.26. The molecule has 0 radical (unpaired) electrons. The van der Waals surface area contributed by atoms with E-state index in [9.17, 15) is 13.3 Å². The zero-order valence-corrected chi connectivity index (χ0v) is 7.42. The molecule has 14 heavy (non-hydrogen) atoms. The van der Waals surface area contributed by atoms with Crippen molar-refractivity contribution in [3.8, 4) is 0 Å². The Balaban J connectivity index is 2.71. The third-order valence-corrected chi connectivity index (χ3v) is 2.32. The van der Waals surface area contributed by atoms with Crippen molar-refractivity contribution in [3.05, 3.63) is 23.5 Å². The number of hydrogen-bond donors (Lipinski definition) is 0. The maximum Gasteiger partial charge on any atom is 0.352 e. The molecule has 0 amide bonds. The van der Waals surface area contributed by atoms with Crippen LogP contribution in [0, 0.1) is 4.91 Å². The topological polar surface area (TPSA) is 107 Å². The Morgan fingerprint density at radius 2 is 2.21 bits per heavy atom. The lowest BCUT2D eigenvalue weighted by Gasteiger charge is -1.94. The van der Waals surface area contributed by atoms with Crippen molar-refractivity contribution in [2.75, 3.05) is 0 Å². The normalized spacial score (nSPS) is 11.7. The van der Waals surface area contributed by atoms with Crippen LogP contribution in [-0.2, 0) is 10.0 Å². The summed E-state index contributed by atoms with van der Waals surface area (Å²) in [6.07, 6.45) is 2.56. The Kier molecular flexibility index (Phi) is 1.74. The van der Waals surface area contributed by atoms with Crippen molar-refractivity contribution in [3.63, 3.8) is 0 Å². The average Bonchev–Trinajstić information content (AvgIpc) is 2.64. The van der Waals surface area contributed by atoms with Crippen LogP contribution < -0.4 is 0 Å². The molecule has 2 rings (SSSR count). The number of fused-ring (bicyclic) bond motifs is 1. The van der Waals surface area contributed by atoms with E-state index in [0.717, 1.165) is 6.33 Å². The molecule has 0 aliphatic rings. The number of sulfonamides is 1. The molecular weight excluding hydrogens is 210 g/mol. The second-order valence-electron chi connectivity index (χ2n) is 2.32.